The number of fused-ring (bicyclic) bond motifs is 2. The van der Waals surface area contributed by atoms with Gasteiger partial charge in [0.05, 0.1) is 24.0 Å². The number of nitrogens with zero attached hydrogens (tertiary/aromatic N) is 3. The Balaban J connectivity index is 0.00000248. The molecule has 3 aliphatic rings. The number of nitrogens with one attached hydrogen (secondary N) is 4. The van der Waals surface area contributed by atoms with E-state index in [0.717, 1.165) is 66.3 Å². The molecule has 0 saturated heterocycles. The van der Waals surface area contributed by atoms with Gasteiger partial charge in [-0.15, -0.1) is 0 Å². The fraction of sp³-hybridized carbons (Fsp3) is 0.333. The van der Waals surface area contributed by atoms with Crippen LogP contribution in [0.2, 0.25) is 0 Å². The molecule has 266 valence electrons. The smallest absolute Gasteiger partial charge is 0.270 e. The van der Waals surface area contributed by atoms with Gasteiger partial charge >= 0.3 is 0 Å². The van der Waals surface area contributed by atoms with Gasteiger partial charge in [-0.05, 0) is 84.0 Å². The molecular formula is C39H46N8O4. The van der Waals surface area contributed by atoms with Crippen LogP contribution in [-0.2, 0) is 35.4 Å². The molecule has 0 bridgehead atoms. The minimum Gasteiger partial charge on any atom is -0.396 e. The number of benzene rings is 2. The van der Waals surface area contributed by atoms with E-state index in [0.29, 0.717) is 22.9 Å². The van der Waals surface area contributed by atoms with Gasteiger partial charge < -0.3 is 31.8 Å². The summed E-state index contributed by atoms with van der Waals surface area (Å²) in [5.41, 5.74) is 14.9. The third-order valence-corrected chi connectivity index (χ3v) is 9.38. The van der Waals surface area contributed by atoms with Crippen LogP contribution in [0, 0.1) is 0 Å². The molecule has 12 nitrogen and oxygen atoms in total. The van der Waals surface area contributed by atoms with Crippen LogP contribution >= 0.6 is 0 Å². The number of carbonyl (C=O) groups is 3. The van der Waals surface area contributed by atoms with Crippen molar-refractivity contribution < 1.29 is 19.2 Å². The highest BCUT2D eigenvalue weighted by Gasteiger charge is 2.33. The summed E-state index contributed by atoms with van der Waals surface area (Å²) in [6.07, 6.45) is 8.04. The van der Waals surface area contributed by atoms with Gasteiger partial charge in [-0.3, -0.25) is 14.4 Å². The number of amides is 2. The van der Waals surface area contributed by atoms with Crippen molar-refractivity contribution in [2.24, 2.45) is 10.9 Å². The lowest BCUT2D eigenvalue weighted by molar-refractivity contribution is -0.113. The quantitative estimate of drug-likeness (QED) is 0.0780. The molecule has 0 radical (unpaired) electrons. The van der Waals surface area contributed by atoms with E-state index in [9.17, 15) is 14.4 Å². The van der Waals surface area contributed by atoms with E-state index in [1.807, 2.05) is 38.1 Å². The van der Waals surface area contributed by atoms with Gasteiger partial charge in [0.2, 0.25) is 11.7 Å². The van der Waals surface area contributed by atoms with Gasteiger partial charge in [0.15, 0.2) is 0 Å². The van der Waals surface area contributed by atoms with E-state index >= 15 is 0 Å². The third-order valence-electron chi connectivity index (χ3n) is 9.38. The van der Waals surface area contributed by atoms with Crippen LogP contribution in [0.25, 0.3) is 0 Å². The topological polar surface area (TPSA) is 173 Å². The Morgan fingerprint density at radius 2 is 1.80 bits per heavy atom. The molecule has 3 aliphatic carbocycles. The highest BCUT2D eigenvalue weighted by atomic mass is 16.6. The van der Waals surface area contributed by atoms with E-state index < -0.39 is 5.91 Å². The second kappa shape index (κ2) is 16.3. The first kappa shape index (κ1) is 36.5. The van der Waals surface area contributed by atoms with Gasteiger partial charge in [-0.25, -0.2) is 9.97 Å². The van der Waals surface area contributed by atoms with Crippen molar-refractivity contribution in [2.75, 3.05) is 7.05 Å². The van der Waals surface area contributed by atoms with Crippen LogP contribution in [-0.4, -0.2) is 40.8 Å². The number of carbonyl (C=O) groups excluding carboxylic acids is 3. The van der Waals surface area contributed by atoms with Crippen LogP contribution < -0.4 is 27.0 Å². The Morgan fingerprint density at radius 1 is 1.04 bits per heavy atom. The van der Waals surface area contributed by atoms with Crippen LogP contribution in [0.1, 0.15) is 112 Å². The molecule has 2 aromatic carbocycles. The minimum atomic E-state index is -0.421. The summed E-state index contributed by atoms with van der Waals surface area (Å²) >= 11 is 0. The first-order valence-corrected chi connectivity index (χ1v) is 17.4. The molecule has 6 rings (SSSR count). The fourth-order valence-electron chi connectivity index (χ4n) is 6.70. The van der Waals surface area contributed by atoms with Gasteiger partial charge in [-0.2, -0.15) is 0 Å². The summed E-state index contributed by atoms with van der Waals surface area (Å²) in [7, 11) is 1.71. The molecule has 1 aromatic heterocycles. The SMILES string of the molecule is C=C(NC)O/N=C/c1ccc2c(c1CC)CCC2NC(=O)c1cc(C(=O)NCc2ccc3c(c2)C(NC2=C(N)C(=C)C2=O)CCC3)ncn1.CC. The van der Waals surface area contributed by atoms with Crippen molar-refractivity contribution in [3.05, 3.63) is 129 Å². The second-order valence-electron chi connectivity index (χ2n) is 12.3. The zero-order chi connectivity index (χ0) is 36.7. The predicted molar refractivity (Wildman–Crippen MR) is 196 cm³/mol. The molecular weight excluding hydrogens is 644 g/mol. The van der Waals surface area contributed by atoms with Crippen molar-refractivity contribution in [2.45, 2.75) is 77.9 Å². The van der Waals surface area contributed by atoms with E-state index in [4.69, 9.17) is 10.6 Å². The highest BCUT2D eigenvalue weighted by molar-refractivity contribution is 6.18. The summed E-state index contributed by atoms with van der Waals surface area (Å²) in [5, 5.41) is 16.1. The molecule has 2 amide bonds. The van der Waals surface area contributed by atoms with E-state index in [2.05, 4.69) is 62.5 Å². The molecule has 0 saturated carbocycles. The monoisotopic (exact) mass is 690 g/mol. The zero-order valence-electron chi connectivity index (χ0n) is 29.7. The molecule has 0 fully saturated rings. The number of allylic oxidation sites excluding steroid dienone is 2. The Morgan fingerprint density at radius 3 is 2.53 bits per heavy atom. The maximum absolute atomic E-state index is 13.3. The minimum absolute atomic E-state index is 0.0620. The van der Waals surface area contributed by atoms with Gasteiger partial charge in [0, 0.05) is 25.2 Å². The van der Waals surface area contributed by atoms with Gasteiger partial charge in [-0.1, -0.05) is 62.8 Å². The molecule has 0 aliphatic heterocycles. The number of Topliss-reactive ketones (excluding diaryl/α,β-unsaturated/α-hetero) is 1. The normalized spacial score (nSPS) is 17.4. The van der Waals surface area contributed by atoms with E-state index in [1.54, 1.807) is 13.3 Å². The number of aryl methyl sites for hydroxylation is 1. The Hall–Kier alpha value is -5.78. The number of oxime groups is 1. The van der Waals surface area contributed by atoms with Crippen LogP contribution in [0.4, 0.5) is 0 Å². The average Bonchev–Trinajstić information content (AvgIpc) is 3.58. The van der Waals surface area contributed by atoms with Crippen molar-refractivity contribution in [3.63, 3.8) is 0 Å². The first-order chi connectivity index (χ1) is 24.7. The molecule has 2 atom stereocenters. The zero-order valence-corrected chi connectivity index (χ0v) is 29.7. The highest BCUT2D eigenvalue weighted by Crippen LogP contribution is 2.36. The molecule has 2 unspecified atom stereocenters. The summed E-state index contributed by atoms with van der Waals surface area (Å²) in [6.45, 7) is 13.7. The lowest BCUT2D eigenvalue weighted by atomic mass is 9.85. The number of rotatable bonds is 12. The predicted octanol–water partition coefficient (Wildman–Crippen LogP) is 4.73. The molecule has 3 aromatic rings. The number of aromatic nitrogens is 2. The molecule has 6 N–H and O–H groups in total. The summed E-state index contributed by atoms with van der Waals surface area (Å²) < 4.78 is 0. The van der Waals surface area contributed by atoms with E-state index in [-0.39, 0.29) is 41.7 Å². The fourth-order valence-corrected chi connectivity index (χ4v) is 6.70. The molecule has 51 heavy (non-hydrogen) atoms. The molecule has 12 heteroatoms. The van der Waals surface area contributed by atoms with Crippen LogP contribution in [0.5, 0.6) is 0 Å². The molecule has 1 heterocycles. The van der Waals surface area contributed by atoms with Crippen molar-refractivity contribution in [3.8, 4) is 0 Å². The van der Waals surface area contributed by atoms with Crippen LogP contribution in [0.3, 0.4) is 0 Å². The Kier molecular flexibility index (Phi) is 11.7. The number of hydrogen-bond donors (Lipinski definition) is 5. The summed E-state index contributed by atoms with van der Waals surface area (Å²) in [5.74, 6) is -0.602. The second-order valence-corrected chi connectivity index (χ2v) is 12.3. The summed E-state index contributed by atoms with van der Waals surface area (Å²) in [4.78, 5) is 52.2. The van der Waals surface area contributed by atoms with E-state index in [1.165, 1.54) is 23.5 Å². The standard InChI is InChI=1S/C37H40N8O4.C2H6/c1-5-25-24(18-43-49-21(3)39-4)11-12-27-26(25)13-14-30(27)45-37(48)32-16-31(41-19-42-32)36(47)40-17-22-9-10-23-7-6-8-29(28(23)15-22)44-34-33(38)20(2)35(34)46;1-2/h9-12,15-16,18-19,29-30,39,44H,2-3,5-8,13-14,17,38H2,1,4H3,(H,40,47)(H,45,48);1-2H3/b43-18+;. The Bertz CT molecular complexity index is 1930. The number of ketones is 1. The maximum Gasteiger partial charge on any atom is 0.270 e. The number of nitrogens with two attached hydrogens (primary N) is 1. The number of hydrogen-bond acceptors (Lipinski definition) is 10. The lowest BCUT2D eigenvalue weighted by Crippen LogP contribution is -2.38. The van der Waals surface area contributed by atoms with Gasteiger partial charge in [0.1, 0.15) is 23.4 Å². The summed E-state index contributed by atoms with van der Waals surface area (Å²) in [6, 6.07) is 11.2. The van der Waals surface area contributed by atoms with Crippen molar-refractivity contribution in [1.82, 2.24) is 31.2 Å². The van der Waals surface area contributed by atoms with Crippen LogP contribution in [0.15, 0.2) is 83.9 Å². The Labute approximate surface area is 298 Å². The lowest BCUT2D eigenvalue weighted by Gasteiger charge is -2.32. The van der Waals surface area contributed by atoms with Crippen molar-refractivity contribution >= 4 is 23.8 Å². The molecule has 0 spiro atoms. The van der Waals surface area contributed by atoms with Crippen molar-refractivity contribution in [1.29, 1.82) is 0 Å². The average molecular weight is 691 g/mol. The maximum atomic E-state index is 13.3. The largest absolute Gasteiger partial charge is 0.396 e. The third kappa shape index (κ3) is 7.85. The van der Waals surface area contributed by atoms with Gasteiger partial charge in [0.25, 0.3) is 11.8 Å². The first-order valence-electron chi connectivity index (χ1n) is 17.4.